The van der Waals surface area contributed by atoms with Crippen LogP contribution in [0, 0.1) is 0 Å². The Kier molecular flexibility index (Phi) is 22.4. The summed E-state index contributed by atoms with van der Waals surface area (Å²) in [7, 11) is 0. The maximum absolute atomic E-state index is 12.9. The molecule has 0 amide bonds. The lowest BCUT2D eigenvalue weighted by atomic mass is 10.1. The summed E-state index contributed by atoms with van der Waals surface area (Å²) in [5, 5.41) is 0. The number of carbonyl (C=O) groups excluding carboxylic acids is 2. The minimum atomic E-state index is -0.450. The van der Waals surface area contributed by atoms with E-state index in [1.165, 1.54) is 77.0 Å². The largest absolute Gasteiger partial charge is 0.462 e. The average molecular weight is 561 g/mol. The van der Waals surface area contributed by atoms with Gasteiger partial charge in [0.15, 0.2) is 0 Å². The Labute approximate surface area is 246 Å². The second-order valence-corrected chi connectivity index (χ2v) is 11.0. The average Bonchev–Trinajstić information content (AvgIpc) is 2.97. The van der Waals surface area contributed by atoms with Crippen LogP contribution in [0.3, 0.4) is 0 Å². The topological polar surface area (TPSA) is 59.1 Å². The highest BCUT2D eigenvalue weighted by Crippen LogP contribution is 2.13. The van der Waals surface area contributed by atoms with Gasteiger partial charge in [-0.05, 0) is 76.8 Å². The first-order valence-electron chi connectivity index (χ1n) is 16.4. The maximum Gasteiger partial charge on any atom is 0.339 e. The number of rotatable bonds is 26. The van der Waals surface area contributed by atoms with Crippen molar-refractivity contribution in [2.24, 2.45) is 0 Å². The number of carbonyl (C=O) groups is 2. The number of hydrogen-bond donors (Lipinski definition) is 0. The molecule has 6 heteroatoms. The lowest BCUT2D eigenvalue weighted by Crippen LogP contribution is -2.28. The number of ether oxygens (including phenoxy) is 2. The number of hydrogen-bond acceptors (Lipinski definition) is 6. The Hall–Kier alpha value is -1.92. The van der Waals surface area contributed by atoms with Crippen LogP contribution in [0.2, 0.25) is 0 Å². The van der Waals surface area contributed by atoms with Gasteiger partial charge in [-0.25, -0.2) is 9.59 Å². The first-order valence-corrected chi connectivity index (χ1v) is 16.4. The van der Waals surface area contributed by atoms with Crippen LogP contribution in [0.25, 0.3) is 0 Å². The quantitative estimate of drug-likeness (QED) is 0.0842. The zero-order valence-corrected chi connectivity index (χ0v) is 26.4. The molecule has 0 N–H and O–H groups in total. The molecule has 0 aliphatic heterocycles. The second kappa shape index (κ2) is 24.8. The van der Waals surface area contributed by atoms with Crippen molar-refractivity contribution >= 4 is 11.9 Å². The normalized spacial score (nSPS) is 11.3. The first-order chi connectivity index (χ1) is 19.6. The van der Waals surface area contributed by atoms with Crippen LogP contribution in [-0.4, -0.2) is 74.2 Å². The smallest absolute Gasteiger partial charge is 0.339 e. The molecule has 0 unspecified atom stereocenters. The molecule has 0 aliphatic carbocycles. The summed E-state index contributed by atoms with van der Waals surface area (Å²) in [6.45, 7) is 15.9. The Bertz CT molecular complexity index is 687. The molecule has 6 nitrogen and oxygen atoms in total. The van der Waals surface area contributed by atoms with Gasteiger partial charge < -0.3 is 19.3 Å². The first kappa shape index (κ1) is 36.1. The molecule has 0 atom stereocenters. The lowest BCUT2D eigenvalue weighted by molar-refractivity contribution is 0.0440. The van der Waals surface area contributed by atoms with Gasteiger partial charge in [-0.2, -0.15) is 0 Å². The number of nitrogens with zero attached hydrogens (tertiary/aromatic N) is 2. The molecule has 0 heterocycles. The summed E-state index contributed by atoms with van der Waals surface area (Å²) < 4.78 is 11.2. The molecule has 1 aromatic rings. The van der Waals surface area contributed by atoms with Gasteiger partial charge in [-0.1, -0.05) is 91.2 Å². The molecule has 0 bridgehead atoms. The predicted molar refractivity (Wildman–Crippen MR) is 167 cm³/mol. The van der Waals surface area contributed by atoms with Crippen LogP contribution in [0.4, 0.5) is 0 Å². The zero-order chi connectivity index (χ0) is 29.3. The van der Waals surface area contributed by atoms with Crippen molar-refractivity contribution in [3.8, 4) is 0 Å². The third-order valence-electron chi connectivity index (χ3n) is 7.38. The fourth-order valence-corrected chi connectivity index (χ4v) is 4.91. The summed E-state index contributed by atoms with van der Waals surface area (Å²) in [5.41, 5.74) is 0.576. The molecule has 0 saturated heterocycles. The highest BCUT2D eigenvalue weighted by Gasteiger charge is 2.19. The zero-order valence-electron chi connectivity index (χ0n) is 26.4. The summed E-state index contributed by atoms with van der Waals surface area (Å²) in [4.78, 5) is 30.7. The lowest BCUT2D eigenvalue weighted by Gasteiger charge is -2.22. The van der Waals surface area contributed by atoms with Crippen LogP contribution in [-0.2, 0) is 9.47 Å². The summed E-state index contributed by atoms with van der Waals surface area (Å²) in [5.74, 6) is -0.900. The van der Waals surface area contributed by atoms with Gasteiger partial charge in [-0.3, -0.25) is 0 Å². The van der Waals surface area contributed by atoms with E-state index in [1.807, 2.05) is 0 Å². The monoisotopic (exact) mass is 560 g/mol. The van der Waals surface area contributed by atoms with E-state index in [0.717, 1.165) is 52.1 Å². The van der Waals surface area contributed by atoms with Gasteiger partial charge in [-0.15, -0.1) is 0 Å². The van der Waals surface area contributed by atoms with Gasteiger partial charge in [0.25, 0.3) is 0 Å². The second-order valence-electron chi connectivity index (χ2n) is 11.0. The van der Waals surface area contributed by atoms with Crippen LogP contribution in [0.1, 0.15) is 138 Å². The van der Waals surface area contributed by atoms with E-state index >= 15 is 0 Å². The number of benzene rings is 1. The Morgan fingerprint density at radius 3 is 1.10 bits per heavy atom. The Balaban J connectivity index is 2.51. The van der Waals surface area contributed by atoms with E-state index in [-0.39, 0.29) is 11.1 Å². The summed E-state index contributed by atoms with van der Waals surface area (Å²) in [6.07, 6.45) is 16.3. The van der Waals surface area contributed by atoms with Crippen LogP contribution >= 0.6 is 0 Å². The van der Waals surface area contributed by atoms with Gasteiger partial charge in [0.2, 0.25) is 0 Å². The van der Waals surface area contributed by atoms with Crippen molar-refractivity contribution in [2.75, 3.05) is 52.5 Å². The number of unbranched alkanes of at least 4 members (excludes halogenated alkanes) is 8. The van der Waals surface area contributed by atoms with Crippen molar-refractivity contribution in [1.29, 1.82) is 0 Å². The third-order valence-corrected chi connectivity index (χ3v) is 7.38. The molecular weight excluding hydrogens is 500 g/mol. The number of esters is 2. The molecule has 230 valence electrons. The van der Waals surface area contributed by atoms with Crippen LogP contribution in [0.15, 0.2) is 24.3 Å². The molecular formula is C34H60N2O4. The van der Waals surface area contributed by atoms with E-state index in [2.05, 4.69) is 37.5 Å². The highest BCUT2D eigenvalue weighted by atomic mass is 16.5. The fourth-order valence-electron chi connectivity index (χ4n) is 4.91. The van der Waals surface area contributed by atoms with E-state index in [9.17, 15) is 9.59 Å². The third kappa shape index (κ3) is 17.0. The minimum Gasteiger partial charge on any atom is -0.462 e. The Morgan fingerprint density at radius 1 is 0.500 bits per heavy atom. The molecule has 0 radical (unpaired) electrons. The van der Waals surface area contributed by atoms with Crippen molar-refractivity contribution in [1.82, 2.24) is 9.80 Å². The molecule has 0 spiro atoms. The van der Waals surface area contributed by atoms with E-state index < -0.39 is 11.9 Å². The molecule has 1 rings (SSSR count). The van der Waals surface area contributed by atoms with Crippen LogP contribution in [0.5, 0.6) is 0 Å². The van der Waals surface area contributed by atoms with Crippen molar-refractivity contribution in [2.45, 2.75) is 118 Å². The SMILES string of the molecule is CCCCCN(CCCCC)CCCOC(=O)c1ccccc1C(=O)OCCCN(CCCCC)CCCCC. The molecule has 0 saturated carbocycles. The van der Waals surface area contributed by atoms with Gasteiger partial charge in [0.1, 0.15) is 0 Å². The predicted octanol–water partition coefficient (Wildman–Crippen LogP) is 8.15. The molecule has 0 aliphatic rings. The Morgan fingerprint density at radius 2 is 0.800 bits per heavy atom. The van der Waals surface area contributed by atoms with Gasteiger partial charge >= 0.3 is 11.9 Å². The molecule has 40 heavy (non-hydrogen) atoms. The van der Waals surface area contributed by atoms with Crippen molar-refractivity contribution in [3.63, 3.8) is 0 Å². The van der Waals surface area contributed by atoms with Crippen molar-refractivity contribution < 1.29 is 19.1 Å². The maximum atomic E-state index is 12.9. The van der Waals surface area contributed by atoms with Crippen molar-refractivity contribution in [3.05, 3.63) is 35.4 Å². The molecule has 1 aromatic carbocycles. The molecule has 0 aromatic heterocycles. The standard InChI is InChI=1S/C34H60N2O4/c1-5-9-15-23-35(24-16-10-6-2)27-19-29-39-33(37)31-21-13-14-22-32(31)34(38)40-30-20-28-36(25-17-11-7-3)26-18-12-8-4/h13-14,21-22H,5-12,15-20,23-30H2,1-4H3. The van der Waals surface area contributed by atoms with Gasteiger partial charge in [0.05, 0.1) is 24.3 Å². The molecule has 0 fully saturated rings. The van der Waals surface area contributed by atoms with Crippen LogP contribution < -0.4 is 0 Å². The summed E-state index contributed by atoms with van der Waals surface area (Å²) in [6, 6.07) is 6.84. The van der Waals surface area contributed by atoms with E-state index in [1.54, 1.807) is 24.3 Å². The minimum absolute atomic E-state index is 0.288. The van der Waals surface area contributed by atoms with E-state index in [0.29, 0.717) is 13.2 Å². The summed E-state index contributed by atoms with van der Waals surface area (Å²) >= 11 is 0. The highest BCUT2D eigenvalue weighted by molar-refractivity contribution is 6.03. The van der Waals surface area contributed by atoms with E-state index in [4.69, 9.17) is 9.47 Å². The fraction of sp³-hybridized carbons (Fsp3) is 0.765. The van der Waals surface area contributed by atoms with Gasteiger partial charge in [0, 0.05) is 13.1 Å².